The number of urea groups is 1. The number of hydrogen-bond donors (Lipinski definition) is 3. The molecule has 53 heavy (non-hydrogen) atoms. The van der Waals surface area contributed by atoms with Gasteiger partial charge in [-0.2, -0.15) is 13.2 Å². The number of fused-ring (bicyclic) bond motifs is 2. The third-order valence-electron chi connectivity index (χ3n) is 9.95. The van der Waals surface area contributed by atoms with Crippen LogP contribution in [0, 0.1) is 18.6 Å². The molecule has 7 rings (SSSR count). The third-order valence-corrected chi connectivity index (χ3v) is 9.95. The average Bonchev–Trinajstić information content (AvgIpc) is 3.62. The zero-order valence-corrected chi connectivity index (χ0v) is 28.4. The molecule has 2 aromatic heterocycles. The van der Waals surface area contributed by atoms with Gasteiger partial charge in [-0.05, 0) is 56.0 Å². The van der Waals surface area contributed by atoms with Gasteiger partial charge < -0.3 is 29.8 Å². The minimum absolute atomic E-state index is 0.0103. The van der Waals surface area contributed by atoms with Gasteiger partial charge in [0.05, 0.1) is 18.1 Å². The number of nitrogens with zero attached hydrogens (tertiary/aromatic N) is 5. The van der Waals surface area contributed by atoms with Gasteiger partial charge in [0.2, 0.25) is 17.8 Å². The van der Waals surface area contributed by atoms with Crippen LogP contribution in [0.1, 0.15) is 59.0 Å². The van der Waals surface area contributed by atoms with Crippen LogP contribution >= 0.6 is 0 Å². The molecular weight excluding hydrogens is 707 g/mol. The molecule has 0 spiro atoms. The number of carbonyl (C=O) groups is 4. The first-order valence-corrected chi connectivity index (χ1v) is 16.8. The van der Waals surface area contributed by atoms with Gasteiger partial charge in [0, 0.05) is 67.4 Å². The van der Waals surface area contributed by atoms with E-state index in [2.05, 4.69) is 25.5 Å². The maximum atomic E-state index is 14.2. The number of carbonyl (C=O) groups excluding carboxylic acids is 4. The highest BCUT2D eigenvalue weighted by Crippen LogP contribution is 2.39. The number of nitrogens with one attached hydrogen (secondary N) is 3. The zero-order chi connectivity index (χ0) is 37.8. The summed E-state index contributed by atoms with van der Waals surface area (Å²) in [5, 5.41) is 6.19. The van der Waals surface area contributed by atoms with Gasteiger partial charge in [0.1, 0.15) is 17.6 Å². The van der Waals surface area contributed by atoms with E-state index in [1.54, 1.807) is 11.4 Å². The molecule has 2 fully saturated rings. The van der Waals surface area contributed by atoms with Gasteiger partial charge in [-0.1, -0.05) is 0 Å². The van der Waals surface area contributed by atoms with Crippen molar-refractivity contribution in [3.8, 4) is 0 Å². The van der Waals surface area contributed by atoms with Gasteiger partial charge in [0.25, 0.3) is 5.91 Å². The number of amides is 5. The fourth-order valence-electron chi connectivity index (χ4n) is 7.13. The Morgan fingerprint density at radius 1 is 1.06 bits per heavy atom. The summed E-state index contributed by atoms with van der Waals surface area (Å²) < 4.78 is 75.3. The number of piperidine rings is 2. The molecule has 278 valence electrons. The molecule has 1 unspecified atom stereocenters. The highest BCUT2D eigenvalue weighted by molar-refractivity contribution is 6.05. The molecule has 2 aromatic carbocycles. The number of benzene rings is 2. The number of hydrogen-bond acceptors (Lipinski definition) is 9. The molecule has 18 heteroatoms. The number of imide groups is 1. The molecule has 0 bridgehead atoms. The second-order valence-electron chi connectivity index (χ2n) is 13.3. The minimum atomic E-state index is -5.04. The number of aryl methyl sites for hydroxylation is 1. The Hall–Kier alpha value is -5.81. The Morgan fingerprint density at radius 3 is 2.45 bits per heavy atom. The van der Waals surface area contributed by atoms with Crippen LogP contribution in [-0.2, 0) is 16.1 Å². The van der Waals surface area contributed by atoms with Crippen molar-refractivity contribution in [3.63, 3.8) is 0 Å². The topological polar surface area (TPSA) is 153 Å². The smallest absolute Gasteiger partial charge is 0.416 e. The van der Waals surface area contributed by atoms with Crippen molar-refractivity contribution < 1.29 is 45.5 Å². The van der Waals surface area contributed by atoms with Crippen LogP contribution in [0.5, 0.6) is 0 Å². The second-order valence-corrected chi connectivity index (χ2v) is 13.3. The van der Waals surface area contributed by atoms with E-state index in [0.717, 1.165) is 30.2 Å². The summed E-state index contributed by atoms with van der Waals surface area (Å²) in [6.07, 6.45) is -0.592. The maximum Gasteiger partial charge on any atom is 0.416 e. The fourth-order valence-corrected chi connectivity index (χ4v) is 7.13. The van der Waals surface area contributed by atoms with Crippen LogP contribution in [0.2, 0.25) is 0 Å². The standard InChI is InChI=1S/C35H33F5N8O5/c1-17-24-12-19(36)13-25(37)29(24)53-28(17)30(35(38,39)40)45-34(52)43-20-14-41-33(42-15-20)46(2)21-7-9-47(10-8-21)22-3-4-23-18(11-22)16-48(32(23)51)26-5-6-27(49)44-31(26)50/h3-4,11-15,21,26,30H,5-10,16H2,1-2H3,(H2,43,45,52)(H,44,49,50)/t26?,30-/m1/s1. The summed E-state index contributed by atoms with van der Waals surface area (Å²) in [6.45, 7) is 2.86. The highest BCUT2D eigenvalue weighted by Gasteiger charge is 2.46. The predicted octanol–water partition coefficient (Wildman–Crippen LogP) is 5.10. The monoisotopic (exact) mass is 740 g/mol. The molecule has 5 amide bonds. The molecule has 2 atom stereocenters. The number of furan rings is 1. The van der Waals surface area contributed by atoms with E-state index < -0.39 is 53.2 Å². The predicted molar refractivity (Wildman–Crippen MR) is 180 cm³/mol. The molecule has 0 radical (unpaired) electrons. The first kappa shape index (κ1) is 35.6. The second kappa shape index (κ2) is 13.6. The lowest BCUT2D eigenvalue weighted by molar-refractivity contribution is -0.158. The van der Waals surface area contributed by atoms with Crippen LogP contribution in [0.3, 0.4) is 0 Å². The van der Waals surface area contributed by atoms with E-state index in [9.17, 15) is 41.1 Å². The van der Waals surface area contributed by atoms with E-state index in [4.69, 9.17) is 4.42 Å². The van der Waals surface area contributed by atoms with Crippen molar-refractivity contribution in [1.29, 1.82) is 0 Å². The van der Waals surface area contributed by atoms with Crippen molar-refractivity contribution >= 4 is 52.0 Å². The largest absolute Gasteiger partial charge is 0.455 e. The average molecular weight is 741 g/mol. The van der Waals surface area contributed by atoms with Crippen LogP contribution < -0.4 is 25.8 Å². The number of alkyl halides is 3. The summed E-state index contributed by atoms with van der Waals surface area (Å²) in [5.74, 6) is -3.65. The van der Waals surface area contributed by atoms with Crippen molar-refractivity contribution in [3.05, 3.63) is 76.8 Å². The zero-order valence-electron chi connectivity index (χ0n) is 28.4. The lowest BCUT2D eigenvalue weighted by atomic mass is 10.0. The van der Waals surface area contributed by atoms with Gasteiger partial charge in [-0.15, -0.1) is 0 Å². The Kier molecular flexibility index (Phi) is 9.15. The summed E-state index contributed by atoms with van der Waals surface area (Å²) in [7, 11) is 1.82. The fraction of sp³-hybridized carbons (Fsp3) is 0.371. The molecular formula is C35H33F5N8O5. The van der Waals surface area contributed by atoms with Crippen LogP contribution in [0.25, 0.3) is 11.0 Å². The molecule has 0 saturated carbocycles. The molecule has 3 aliphatic rings. The van der Waals surface area contributed by atoms with Crippen molar-refractivity contribution in [2.75, 3.05) is 35.3 Å². The van der Waals surface area contributed by atoms with Gasteiger partial charge in [-0.25, -0.2) is 23.5 Å². The van der Waals surface area contributed by atoms with Crippen LogP contribution in [-0.4, -0.2) is 77.0 Å². The Balaban J connectivity index is 0.945. The molecule has 0 aliphatic carbocycles. The van der Waals surface area contributed by atoms with Gasteiger partial charge in [-0.3, -0.25) is 19.7 Å². The number of anilines is 3. The summed E-state index contributed by atoms with van der Waals surface area (Å²) >= 11 is 0. The molecule has 5 heterocycles. The Bertz CT molecular complexity index is 2120. The SMILES string of the molecule is Cc1c([C@@H](NC(=O)Nc2cnc(N(C)C3CCN(c4ccc5c(c4)CN(C4CCC(=O)NC4=O)C5=O)CC3)nc2)C(F)(F)F)oc2c(F)cc(F)cc12. The van der Waals surface area contributed by atoms with Crippen molar-refractivity contribution in [1.82, 2.24) is 25.5 Å². The van der Waals surface area contributed by atoms with E-state index in [0.29, 0.717) is 30.7 Å². The maximum absolute atomic E-state index is 14.2. The normalized spacial score (nSPS) is 18.6. The van der Waals surface area contributed by atoms with Crippen molar-refractivity contribution in [2.24, 2.45) is 0 Å². The molecule has 4 aromatic rings. The van der Waals surface area contributed by atoms with E-state index >= 15 is 0 Å². The van der Waals surface area contributed by atoms with Crippen LogP contribution in [0.15, 0.2) is 47.1 Å². The number of aromatic nitrogens is 2. The van der Waals surface area contributed by atoms with Crippen LogP contribution in [0.4, 0.5) is 44.1 Å². The Morgan fingerprint density at radius 2 is 1.77 bits per heavy atom. The number of rotatable bonds is 7. The van der Waals surface area contributed by atoms with E-state index in [-0.39, 0.29) is 53.9 Å². The first-order chi connectivity index (χ1) is 25.2. The summed E-state index contributed by atoms with van der Waals surface area (Å²) in [4.78, 5) is 63.9. The first-order valence-electron chi connectivity index (χ1n) is 16.8. The summed E-state index contributed by atoms with van der Waals surface area (Å²) in [6, 6.07) is 2.40. The molecule has 3 aliphatic heterocycles. The minimum Gasteiger partial charge on any atom is -0.455 e. The highest BCUT2D eigenvalue weighted by atomic mass is 19.4. The Labute approximate surface area is 298 Å². The lowest BCUT2D eigenvalue weighted by Crippen LogP contribution is -2.52. The molecule has 13 nitrogen and oxygen atoms in total. The van der Waals surface area contributed by atoms with Crippen molar-refractivity contribution in [2.45, 2.75) is 63.5 Å². The van der Waals surface area contributed by atoms with E-state index in [1.807, 2.05) is 24.1 Å². The lowest BCUT2D eigenvalue weighted by Gasteiger charge is -2.38. The molecule has 3 N–H and O–H groups in total. The number of halogens is 5. The van der Waals surface area contributed by atoms with Gasteiger partial charge >= 0.3 is 12.2 Å². The summed E-state index contributed by atoms with van der Waals surface area (Å²) in [5.41, 5.74) is 1.57. The molecule has 2 saturated heterocycles. The third kappa shape index (κ3) is 6.92. The van der Waals surface area contributed by atoms with E-state index in [1.165, 1.54) is 24.2 Å². The quantitative estimate of drug-likeness (QED) is 0.174. The van der Waals surface area contributed by atoms with Gasteiger partial charge in [0.15, 0.2) is 17.4 Å².